The number of aromatic carboxylic acids is 1. The first-order valence-electron chi connectivity index (χ1n) is 6.61. The topological polar surface area (TPSA) is 72.8 Å². The number of methoxy groups -OCH3 is 2. The summed E-state index contributed by atoms with van der Waals surface area (Å²) in [6, 6.07) is 5.38. The highest BCUT2D eigenvalue weighted by Crippen LogP contribution is 2.34. The number of carbonyl (C=O) groups is 2. The van der Waals surface area contributed by atoms with Crippen molar-refractivity contribution in [2.24, 2.45) is 0 Å². The van der Waals surface area contributed by atoms with Gasteiger partial charge in [-0.25, -0.2) is 4.79 Å². The maximum Gasteiger partial charge on any atom is 0.335 e. The zero-order chi connectivity index (χ0) is 20.0. The number of carboxylic acids is 1. The van der Waals surface area contributed by atoms with Gasteiger partial charge in [0.25, 0.3) is 5.24 Å². The highest BCUT2D eigenvalue weighted by Gasteiger charge is 2.12. The molecule has 0 unspecified atom stereocenters. The molecule has 0 aliphatic rings. The minimum atomic E-state index is -1.08. The van der Waals surface area contributed by atoms with Crippen LogP contribution in [0.1, 0.15) is 20.7 Å². The molecular formula is C16H11Cl5O5. The number of ether oxygens (including phenoxy) is 2. The van der Waals surface area contributed by atoms with Crippen LogP contribution < -0.4 is 9.47 Å². The number of hydrogen-bond acceptors (Lipinski definition) is 4. The molecule has 0 aliphatic carbocycles. The lowest BCUT2D eigenvalue weighted by molar-refractivity contribution is 0.0696. The second-order valence-electron chi connectivity index (χ2n) is 4.53. The predicted octanol–water partition coefficient (Wildman–Crippen LogP) is 6.08. The minimum absolute atomic E-state index is 0.0378. The Balaban J connectivity index is 0.000000260. The van der Waals surface area contributed by atoms with E-state index in [4.69, 9.17) is 72.6 Å². The highest BCUT2D eigenvalue weighted by atomic mass is 35.5. The van der Waals surface area contributed by atoms with Crippen LogP contribution in [0.25, 0.3) is 0 Å². The van der Waals surface area contributed by atoms with Gasteiger partial charge in [-0.2, -0.15) is 0 Å². The molecule has 0 saturated carbocycles. The SMILES string of the molecule is COc1c(Cl)cc(C(=O)Cl)cc1Cl.COc1c(Cl)cc(C(=O)O)cc1Cl. The standard InChI is InChI=1S/C8H5Cl3O2.C8H6Cl2O3/c2*1-13-7-5(9)2-4(8(11)12)3-6(7)10/h2-3H,1H3;2-3H,1H3,(H,11,12). The fourth-order valence-corrected chi connectivity index (χ4v) is 3.14. The Morgan fingerprint density at radius 1 is 0.769 bits per heavy atom. The summed E-state index contributed by atoms with van der Waals surface area (Å²) >= 11 is 28.2. The van der Waals surface area contributed by atoms with Crippen LogP contribution in [-0.4, -0.2) is 30.5 Å². The number of rotatable bonds is 4. The van der Waals surface area contributed by atoms with Crippen molar-refractivity contribution in [3.05, 3.63) is 55.5 Å². The second kappa shape index (κ2) is 10.1. The zero-order valence-electron chi connectivity index (χ0n) is 13.3. The van der Waals surface area contributed by atoms with Crippen molar-refractivity contribution < 1.29 is 24.2 Å². The van der Waals surface area contributed by atoms with Crippen molar-refractivity contribution in [2.45, 2.75) is 0 Å². The van der Waals surface area contributed by atoms with Crippen LogP contribution in [0.3, 0.4) is 0 Å². The molecule has 0 radical (unpaired) electrons. The fraction of sp³-hybridized carbons (Fsp3) is 0.125. The number of benzene rings is 2. The molecule has 0 amide bonds. The van der Waals surface area contributed by atoms with Gasteiger partial charge in [-0.15, -0.1) is 0 Å². The first-order chi connectivity index (χ1) is 12.1. The van der Waals surface area contributed by atoms with E-state index in [1.54, 1.807) is 0 Å². The second-order valence-corrected chi connectivity index (χ2v) is 6.50. The van der Waals surface area contributed by atoms with E-state index in [0.29, 0.717) is 5.75 Å². The molecule has 0 saturated heterocycles. The first kappa shape index (κ1) is 22.7. The third-order valence-electron chi connectivity index (χ3n) is 2.88. The van der Waals surface area contributed by atoms with Crippen molar-refractivity contribution in [1.29, 1.82) is 0 Å². The van der Waals surface area contributed by atoms with Crippen LogP contribution >= 0.6 is 58.0 Å². The summed E-state index contributed by atoms with van der Waals surface area (Å²) in [5.41, 5.74) is 0.285. The molecule has 2 aromatic rings. The van der Waals surface area contributed by atoms with E-state index >= 15 is 0 Å². The summed E-state index contributed by atoms with van der Waals surface area (Å²) < 4.78 is 9.75. The molecule has 10 heteroatoms. The Hall–Kier alpha value is -1.37. The summed E-state index contributed by atoms with van der Waals surface area (Å²) in [5.74, 6) is -0.454. The third-order valence-corrected chi connectivity index (χ3v) is 4.22. The van der Waals surface area contributed by atoms with E-state index in [0.717, 1.165) is 0 Å². The Morgan fingerprint density at radius 3 is 1.31 bits per heavy atom. The van der Waals surface area contributed by atoms with Crippen molar-refractivity contribution in [2.75, 3.05) is 14.2 Å². The molecule has 1 N–H and O–H groups in total. The quantitative estimate of drug-likeness (QED) is 0.560. The van der Waals surface area contributed by atoms with Gasteiger partial charge in [-0.3, -0.25) is 4.79 Å². The van der Waals surface area contributed by atoms with E-state index in [2.05, 4.69) is 0 Å². The number of carbonyl (C=O) groups excluding carboxylic acids is 1. The predicted molar refractivity (Wildman–Crippen MR) is 103 cm³/mol. The van der Waals surface area contributed by atoms with E-state index < -0.39 is 11.2 Å². The van der Waals surface area contributed by atoms with E-state index in [1.165, 1.54) is 38.5 Å². The zero-order valence-corrected chi connectivity index (χ0v) is 17.1. The van der Waals surface area contributed by atoms with Crippen LogP contribution in [-0.2, 0) is 0 Å². The molecule has 0 fully saturated rings. The average molecular weight is 461 g/mol. The Bertz CT molecular complexity index is 722. The molecule has 5 nitrogen and oxygen atoms in total. The van der Waals surface area contributed by atoms with Crippen LogP contribution in [0.2, 0.25) is 20.1 Å². The molecule has 140 valence electrons. The van der Waals surface area contributed by atoms with E-state index in [1.807, 2.05) is 0 Å². The molecule has 0 bridgehead atoms. The third kappa shape index (κ3) is 5.83. The lowest BCUT2D eigenvalue weighted by Gasteiger charge is -2.05. The Labute approximate surface area is 174 Å². The number of carboxylic acid groups (broad SMARTS) is 1. The van der Waals surface area contributed by atoms with Crippen LogP contribution in [0.5, 0.6) is 11.5 Å². The van der Waals surface area contributed by atoms with Crippen LogP contribution in [0.15, 0.2) is 24.3 Å². The van der Waals surface area contributed by atoms with Gasteiger partial charge in [0.15, 0.2) is 11.5 Å². The Kier molecular flexibility index (Phi) is 8.80. The molecule has 0 heterocycles. The fourth-order valence-electron chi connectivity index (χ4n) is 1.75. The number of halogens is 5. The highest BCUT2D eigenvalue weighted by molar-refractivity contribution is 6.68. The lowest BCUT2D eigenvalue weighted by Crippen LogP contribution is -1.97. The summed E-state index contributed by atoms with van der Waals surface area (Å²) in [4.78, 5) is 21.3. The molecular weight excluding hydrogens is 449 g/mol. The molecule has 26 heavy (non-hydrogen) atoms. The smallest absolute Gasteiger partial charge is 0.335 e. The summed E-state index contributed by atoms with van der Waals surface area (Å²) in [7, 11) is 2.85. The molecule has 0 atom stereocenters. The van der Waals surface area contributed by atoms with Crippen molar-refractivity contribution >= 4 is 69.2 Å². The Morgan fingerprint density at radius 2 is 1.08 bits per heavy atom. The maximum atomic E-state index is 10.8. The van der Waals surface area contributed by atoms with Gasteiger partial charge in [0.1, 0.15) is 0 Å². The molecule has 0 aliphatic heterocycles. The van der Waals surface area contributed by atoms with E-state index in [-0.39, 0.29) is 37.0 Å². The van der Waals surface area contributed by atoms with E-state index in [9.17, 15) is 9.59 Å². The maximum absolute atomic E-state index is 10.8. The summed E-state index contributed by atoms with van der Waals surface area (Å²) in [6.07, 6.45) is 0. The van der Waals surface area contributed by atoms with Gasteiger partial charge in [-0.05, 0) is 35.9 Å². The van der Waals surface area contributed by atoms with Gasteiger partial charge < -0.3 is 14.6 Å². The van der Waals surface area contributed by atoms with Crippen molar-refractivity contribution in [3.8, 4) is 11.5 Å². The first-order valence-corrected chi connectivity index (χ1v) is 8.50. The molecule has 2 rings (SSSR count). The lowest BCUT2D eigenvalue weighted by atomic mass is 10.2. The molecule has 0 aromatic heterocycles. The van der Waals surface area contributed by atoms with Gasteiger partial charge in [-0.1, -0.05) is 46.4 Å². The monoisotopic (exact) mass is 458 g/mol. The van der Waals surface area contributed by atoms with Crippen LogP contribution in [0.4, 0.5) is 0 Å². The van der Waals surface area contributed by atoms with Crippen LogP contribution in [0, 0.1) is 0 Å². The van der Waals surface area contributed by atoms with Gasteiger partial charge in [0, 0.05) is 5.56 Å². The van der Waals surface area contributed by atoms with Gasteiger partial charge in [0.05, 0.1) is 39.9 Å². The molecule has 0 spiro atoms. The number of hydrogen-bond donors (Lipinski definition) is 1. The van der Waals surface area contributed by atoms with Crippen molar-refractivity contribution in [1.82, 2.24) is 0 Å². The minimum Gasteiger partial charge on any atom is -0.494 e. The summed E-state index contributed by atoms with van der Waals surface area (Å²) in [6.45, 7) is 0. The summed E-state index contributed by atoms with van der Waals surface area (Å²) in [5, 5.41) is 8.93. The average Bonchev–Trinajstić information content (AvgIpc) is 2.54. The largest absolute Gasteiger partial charge is 0.494 e. The van der Waals surface area contributed by atoms with Gasteiger partial charge in [0.2, 0.25) is 0 Å². The van der Waals surface area contributed by atoms with Crippen molar-refractivity contribution in [3.63, 3.8) is 0 Å². The molecule has 2 aromatic carbocycles. The van der Waals surface area contributed by atoms with Gasteiger partial charge >= 0.3 is 5.97 Å². The normalized spacial score (nSPS) is 9.81.